The molecule has 0 aliphatic rings. The summed E-state index contributed by atoms with van der Waals surface area (Å²) in [6.07, 6.45) is 3.45. The molecule has 0 aliphatic heterocycles. The first-order chi connectivity index (χ1) is 11.1. The number of rotatable bonds is 3. The summed E-state index contributed by atoms with van der Waals surface area (Å²) >= 11 is 1.23. The second-order valence-corrected chi connectivity index (χ2v) is 5.90. The third kappa shape index (κ3) is 3.07. The van der Waals surface area contributed by atoms with Gasteiger partial charge in [0, 0.05) is 30.8 Å². The van der Waals surface area contributed by atoms with Gasteiger partial charge < -0.3 is 9.88 Å². The summed E-state index contributed by atoms with van der Waals surface area (Å²) in [5.41, 5.74) is 0.838. The monoisotopic (exact) mass is 329 g/mol. The number of carbonyl (C=O) groups excluding carboxylic acids is 1. The zero-order valence-corrected chi connectivity index (χ0v) is 13.4. The van der Waals surface area contributed by atoms with Crippen molar-refractivity contribution in [1.29, 1.82) is 0 Å². The molecule has 0 unspecified atom stereocenters. The van der Waals surface area contributed by atoms with Crippen LogP contribution in [0.1, 0.15) is 5.69 Å². The minimum atomic E-state index is -0.531. The van der Waals surface area contributed by atoms with Gasteiger partial charge in [-0.15, -0.1) is 0 Å². The first kappa shape index (κ1) is 15.2. The number of carbonyl (C=O) groups is 1. The Morgan fingerprint density at radius 1 is 1.30 bits per heavy atom. The zero-order valence-electron chi connectivity index (χ0n) is 12.6. The Balaban J connectivity index is 1.87. The minimum Gasteiger partial charge on any atom is -0.329 e. The summed E-state index contributed by atoms with van der Waals surface area (Å²) in [5.74, 6) is 0. The summed E-state index contributed by atoms with van der Waals surface area (Å²) < 4.78 is 2.78. The molecule has 0 saturated heterocycles. The number of anilines is 1. The molecule has 0 spiro atoms. The lowest BCUT2D eigenvalue weighted by atomic mass is 10.3. The number of aromatic nitrogens is 4. The summed E-state index contributed by atoms with van der Waals surface area (Å²) in [6.45, 7) is 1.75. The van der Waals surface area contributed by atoms with Gasteiger partial charge in [-0.2, -0.15) is 4.68 Å². The lowest BCUT2D eigenvalue weighted by molar-refractivity contribution is 0.250. The molecular formula is C15H15N5O2S. The Bertz CT molecular complexity index is 894. The van der Waals surface area contributed by atoms with Crippen LogP contribution in [0, 0.1) is 6.92 Å². The number of benzene rings is 1. The lowest BCUT2D eigenvalue weighted by Crippen LogP contribution is -2.30. The molecular weight excluding hydrogens is 314 g/mol. The molecule has 0 radical (unpaired) electrons. The van der Waals surface area contributed by atoms with Crippen LogP contribution in [0.15, 0.2) is 57.6 Å². The van der Waals surface area contributed by atoms with Crippen LogP contribution in [-0.4, -0.2) is 25.4 Å². The predicted molar refractivity (Wildman–Crippen MR) is 88.0 cm³/mol. The molecule has 0 atom stereocenters. The van der Waals surface area contributed by atoms with E-state index in [0.29, 0.717) is 21.4 Å². The van der Waals surface area contributed by atoms with E-state index < -0.39 is 11.6 Å². The van der Waals surface area contributed by atoms with Crippen LogP contribution in [-0.2, 0) is 7.05 Å². The van der Waals surface area contributed by atoms with Crippen LogP contribution in [0.3, 0.4) is 0 Å². The van der Waals surface area contributed by atoms with Crippen molar-refractivity contribution in [3.63, 3.8) is 0 Å². The number of amides is 1. The van der Waals surface area contributed by atoms with Crippen molar-refractivity contribution in [1.82, 2.24) is 19.3 Å². The quantitative estimate of drug-likeness (QED) is 0.773. The summed E-state index contributed by atoms with van der Waals surface area (Å²) in [5, 5.41) is 6.15. The van der Waals surface area contributed by atoms with Gasteiger partial charge in [-0.05, 0) is 30.8 Å². The van der Waals surface area contributed by atoms with Crippen molar-refractivity contribution in [3.8, 4) is 0 Å². The molecule has 2 heterocycles. The van der Waals surface area contributed by atoms with Gasteiger partial charge in [-0.25, -0.2) is 9.78 Å². The van der Waals surface area contributed by atoms with E-state index >= 15 is 0 Å². The molecule has 3 aromatic rings. The van der Waals surface area contributed by atoms with Gasteiger partial charge >= 0.3 is 6.03 Å². The average Bonchev–Trinajstić information content (AvgIpc) is 3.06. The fraction of sp³-hybridized carbons (Fsp3) is 0.133. The smallest absolute Gasteiger partial charge is 0.329 e. The molecule has 0 saturated carbocycles. The van der Waals surface area contributed by atoms with Gasteiger partial charge in [0.1, 0.15) is 4.90 Å². The molecule has 23 heavy (non-hydrogen) atoms. The average molecular weight is 329 g/mol. The molecule has 2 N–H and O–H groups in total. The third-order valence-electron chi connectivity index (χ3n) is 3.22. The highest BCUT2D eigenvalue weighted by Crippen LogP contribution is 2.24. The molecule has 7 nitrogen and oxygen atoms in total. The molecule has 3 rings (SSSR count). The maximum Gasteiger partial charge on any atom is 0.348 e. The van der Waals surface area contributed by atoms with E-state index in [4.69, 9.17) is 0 Å². The number of hydrogen-bond donors (Lipinski definition) is 2. The summed E-state index contributed by atoms with van der Waals surface area (Å²) in [7, 11) is 1.85. The predicted octanol–water partition coefficient (Wildman–Crippen LogP) is 2.45. The maximum absolute atomic E-state index is 12.5. The Morgan fingerprint density at radius 2 is 2.04 bits per heavy atom. The zero-order chi connectivity index (χ0) is 16.4. The number of aryl methyl sites for hydroxylation is 2. The Hall–Kier alpha value is -2.74. The fourth-order valence-corrected chi connectivity index (χ4v) is 2.92. The number of aromatic amines is 1. The first-order valence-corrected chi connectivity index (χ1v) is 7.71. The topological polar surface area (TPSA) is 84.7 Å². The molecule has 2 aromatic heterocycles. The third-order valence-corrected chi connectivity index (χ3v) is 4.48. The van der Waals surface area contributed by atoms with Gasteiger partial charge in [0.05, 0.1) is 0 Å². The largest absolute Gasteiger partial charge is 0.348 e. The van der Waals surface area contributed by atoms with E-state index in [9.17, 15) is 9.59 Å². The van der Waals surface area contributed by atoms with Crippen LogP contribution < -0.4 is 10.9 Å². The van der Waals surface area contributed by atoms with Gasteiger partial charge in [-0.3, -0.25) is 9.89 Å². The van der Waals surface area contributed by atoms with Gasteiger partial charge in [0.2, 0.25) is 0 Å². The standard InChI is InChI=1S/C15H15N5O2S/c1-10-12(23-15-16-8-9-19(15)2)13(21)20(18-10)14(22)17-11-6-4-3-5-7-11/h3-9,18H,1-2H3,(H,17,22). The molecule has 0 fully saturated rings. The normalized spacial score (nSPS) is 10.7. The van der Waals surface area contributed by atoms with E-state index in [-0.39, 0.29) is 0 Å². The number of H-pyrrole nitrogens is 1. The number of para-hydroxylation sites is 1. The number of nitrogens with zero attached hydrogens (tertiary/aromatic N) is 3. The van der Waals surface area contributed by atoms with Crippen LogP contribution in [0.2, 0.25) is 0 Å². The Morgan fingerprint density at radius 3 is 2.70 bits per heavy atom. The van der Waals surface area contributed by atoms with Crippen molar-refractivity contribution >= 4 is 23.5 Å². The van der Waals surface area contributed by atoms with Crippen LogP contribution in [0.5, 0.6) is 0 Å². The highest BCUT2D eigenvalue weighted by atomic mass is 32.2. The summed E-state index contributed by atoms with van der Waals surface area (Å²) in [4.78, 5) is 29.4. The highest BCUT2D eigenvalue weighted by Gasteiger charge is 2.18. The molecule has 0 aliphatic carbocycles. The van der Waals surface area contributed by atoms with Crippen molar-refractivity contribution in [2.24, 2.45) is 7.05 Å². The molecule has 118 valence electrons. The minimum absolute atomic E-state index is 0.399. The van der Waals surface area contributed by atoms with E-state index in [2.05, 4.69) is 15.4 Å². The van der Waals surface area contributed by atoms with E-state index in [1.165, 1.54) is 11.8 Å². The van der Waals surface area contributed by atoms with Crippen molar-refractivity contribution < 1.29 is 4.79 Å². The Kier molecular flexibility index (Phi) is 4.07. The molecule has 1 aromatic carbocycles. The highest BCUT2D eigenvalue weighted by molar-refractivity contribution is 7.99. The summed E-state index contributed by atoms with van der Waals surface area (Å²) in [6, 6.07) is 8.43. The Labute approximate surface area is 136 Å². The van der Waals surface area contributed by atoms with Crippen LogP contribution >= 0.6 is 11.8 Å². The number of hydrogen-bond acceptors (Lipinski definition) is 4. The lowest BCUT2D eigenvalue weighted by Gasteiger charge is -2.04. The van der Waals surface area contributed by atoms with Gasteiger partial charge in [0.25, 0.3) is 5.56 Å². The van der Waals surface area contributed by atoms with Gasteiger partial charge in [-0.1, -0.05) is 18.2 Å². The SMILES string of the molecule is Cc1[nH]n(C(=O)Nc2ccccc2)c(=O)c1Sc1nccn1C. The number of imidazole rings is 1. The van der Waals surface area contributed by atoms with E-state index in [0.717, 1.165) is 4.68 Å². The van der Waals surface area contributed by atoms with Crippen molar-refractivity contribution in [3.05, 3.63) is 58.8 Å². The van der Waals surface area contributed by atoms with Gasteiger partial charge in [0.15, 0.2) is 5.16 Å². The molecule has 0 bridgehead atoms. The van der Waals surface area contributed by atoms with E-state index in [1.807, 2.05) is 17.7 Å². The van der Waals surface area contributed by atoms with Crippen LogP contribution in [0.25, 0.3) is 0 Å². The fourth-order valence-electron chi connectivity index (χ4n) is 2.04. The first-order valence-electron chi connectivity index (χ1n) is 6.89. The van der Waals surface area contributed by atoms with Crippen molar-refractivity contribution in [2.45, 2.75) is 17.0 Å². The van der Waals surface area contributed by atoms with Crippen molar-refractivity contribution in [2.75, 3.05) is 5.32 Å². The second kappa shape index (κ2) is 6.17. The second-order valence-electron chi connectivity index (χ2n) is 4.93. The molecule has 1 amide bonds. The maximum atomic E-state index is 12.5. The number of nitrogens with one attached hydrogen (secondary N) is 2. The molecule has 8 heteroatoms. The van der Waals surface area contributed by atoms with E-state index in [1.54, 1.807) is 43.6 Å². The van der Waals surface area contributed by atoms with Crippen LogP contribution in [0.4, 0.5) is 10.5 Å².